The lowest BCUT2D eigenvalue weighted by Gasteiger charge is -2.31. The number of nitrogens with one attached hydrogen (secondary N) is 1. The highest BCUT2D eigenvalue weighted by molar-refractivity contribution is 6.01. The quantitative estimate of drug-likeness (QED) is 0.666. The van der Waals surface area contributed by atoms with Crippen LogP contribution in [-0.4, -0.2) is 16.6 Å². The van der Waals surface area contributed by atoms with E-state index in [2.05, 4.69) is 5.32 Å². The molecule has 0 saturated heterocycles. The van der Waals surface area contributed by atoms with Gasteiger partial charge in [-0.1, -0.05) is 12.1 Å². The normalized spacial score (nSPS) is 21.8. The van der Waals surface area contributed by atoms with Gasteiger partial charge in [0.2, 0.25) is 5.91 Å². The highest BCUT2D eigenvalue weighted by atomic mass is 16.6. The van der Waals surface area contributed by atoms with Gasteiger partial charge in [-0.2, -0.15) is 0 Å². The van der Waals surface area contributed by atoms with Crippen molar-refractivity contribution in [2.45, 2.75) is 31.6 Å². The largest absolute Gasteiger partial charge is 0.329 e. The van der Waals surface area contributed by atoms with E-state index in [1.165, 1.54) is 12.1 Å². The Hall–Kier alpha value is -2.50. The standard InChI is InChI=1S/C15H14N2O4/c18-13-6-2-5-12-15(13)11(8-14(19)16-12)9-3-1-4-10(7-9)17(20)21/h1,3-4,7,11H,2,5-6,8H2,(H,16,19)/t11-/m0/s1. The molecule has 1 N–H and O–H groups in total. The van der Waals surface area contributed by atoms with Gasteiger partial charge in [-0.25, -0.2) is 0 Å². The minimum absolute atomic E-state index is 0.0242. The number of hydrogen-bond acceptors (Lipinski definition) is 4. The molecule has 0 saturated carbocycles. The highest BCUT2D eigenvalue weighted by Gasteiger charge is 2.35. The maximum Gasteiger partial charge on any atom is 0.269 e. The predicted octanol–water partition coefficient (Wildman–Crippen LogP) is 2.21. The van der Waals surface area contributed by atoms with Crippen molar-refractivity contribution in [2.24, 2.45) is 0 Å². The number of Topliss-reactive ketones (excluding diaryl/α,β-unsaturated/α-hetero) is 1. The second-order valence-corrected chi connectivity index (χ2v) is 5.33. The Morgan fingerprint density at radius 1 is 1.24 bits per heavy atom. The fraction of sp³-hybridized carbons (Fsp3) is 0.333. The van der Waals surface area contributed by atoms with Crippen LogP contribution in [0.2, 0.25) is 0 Å². The summed E-state index contributed by atoms with van der Waals surface area (Å²) in [6.07, 6.45) is 2.05. The van der Waals surface area contributed by atoms with Crippen LogP contribution < -0.4 is 5.32 Å². The van der Waals surface area contributed by atoms with Gasteiger partial charge in [0.05, 0.1) is 4.92 Å². The zero-order chi connectivity index (χ0) is 15.0. The van der Waals surface area contributed by atoms with Gasteiger partial charge in [0.15, 0.2) is 5.78 Å². The molecule has 1 aliphatic heterocycles. The molecule has 0 radical (unpaired) electrons. The molecule has 2 aliphatic rings. The lowest BCUT2D eigenvalue weighted by Crippen LogP contribution is -2.36. The molecule has 1 amide bonds. The second kappa shape index (κ2) is 5.12. The van der Waals surface area contributed by atoms with Crippen molar-refractivity contribution in [2.75, 3.05) is 0 Å². The summed E-state index contributed by atoms with van der Waals surface area (Å²) < 4.78 is 0. The monoisotopic (exact) mass is 286 g/mol. The van der Waals surface area contributed by atoms with Crippen molar-refractivity contribution in [1.29, 1.82) is 0 Å². The van der Waals surface area contributed by atoms with Crippen LogP contribution in [0.1, 0.15) is 37.2 Å². The average Bonchev–Trinajstić information content (AvgIpc) is 2.46. The minimum atomic E-state index is -0.468. The number of nitro groups is 1. The molecule has 6 heteroatoms. The van der Waals surface area contributed by atoms with Crippen LogP contribution in [0.4, 0.5) is 5.69 Å². The van der Waals surface area contributed by atoms with E-state index >= 15 is 0 Å². The van der Waals surface area contributed by atoms with Gasteiger partial charge in [-0.3, -0.25) is 19.7 Å². The van der Waals surface area contributed by atoms with Crippen LogP contribution in [0, 0.1) is 10.1 Å². The van der Waals surface area contributed by atoms with Crippen molar-refractivity contribution in [3.63, 3.8) is 0 Å². The number of non-ortho nitro benzene ring substituents is 1. The third kappa shape index (κ3) is 2.44. The van der Waals surface area contributed by atoms with Crippen LogP contribution in [0.15, 0.2) is 35.5 Å². The van der Waals surface area contributed by atoms with Gasteiger partial charge < -0.3 is 5.32 Å². The molecule has 3 rings (SSSR count). The third-order valence-electron chi connectivity index (χ3n) is 3.97. The number of benzene rings is 1. The highest BCUT2D eigenvalue weighted by Crippen LogP contribution is 2.38. The van der Waals surface area contributed by atoms with Gasteiger partial charge in [0.25, 0.3) is 5.69 Å². The average molecular weight is 286 g/mol. The molecule has 1 aromatic rings. The molecule has 1 aromatic carbocycles. The van der Waals surface area contributed by atoms with Gasteiger partial charge >= 0.3 is 0 Å². The lowest BCUT2D eigenvalue weighted by atomic mass is 9.78. The van der Waals surface area contributed by atoms with Crippen LogP contribution in [0.5, 0.6) is 0 Å². The molecule has 1 heterocycles. The number of carbonyl (C=O) groups is 2. The number of rotatable bonds is 2. The summed E-state index contributed by atoms with van der Waals surface area (Å²) in [6.45, 7) is 0. The molecule has 6 nitrogen and oxygen atoms in total. The molecule has 0 spiro atoms. The van der Waals surface area contributed by atoms with E-state index in [-0.39, 0.29) is 29.7 Å². The Labute approximate surface area is 121 Å². The SMILES string of the molecule is O=C1C[C@@H](c2cccc([N+](=O)[O-])c2)C2=C(CCCC2=O)N1. The Kier molecular flexibility index (Phi) is 3.29. The summed E-state index contributed by atoms with van der Waals surface area (Å²) in [5.41, 5.74) is 1.95. The molecular formula is C15H14N2O4. The van der Waals surface area contributed by atoms with Crippen LogP contribution >= 0.6 is 0 Å². The van der Waals surface area contributed by atoms with Gasteiger partial charge in [0, 0.05) is 42.2 Å². The Morgan fingerprint density at radius 2 is 2.05 bits per heavy atom. The molecule has 1 aliphatic carbocycles. The van der Waals surface area contributed by atoms with E-state index in [4.69, 9.17) is 0 Å². The fourth-order valence-electron chi connectivity index (χ4n) is 3.04. The molecular weight excluding hydrogens is 272 g/mol. The molecule has 21 heavy (non-hydrogen) atoms. The van der Waals surface area contributed by atoms with E-state index in [1.54, 1.807) is 12.1 Å². The van der Waals surface area contributed by atoms with Crippen molar-refractivity contribution in [1.82, 2.24) is 5.32 Å². The first-order valence-corrected chi connectivity index (χ1v) is 6.86. The van der Waals surface area contributed by atoms with Gasteiger partial charge in [-0.05, 0) is 18.4 Å². The number of nitrogens with zero attached hydrogens (tertiary/aromatic N) is 1. The summed E-state index contributed by atoms with van der Waals surface area (Å²) >= 11 is 0. The molecule has 0 bridgehead atoms. The van der Waals surface area contributed by atoms with E-state index in [1.807, 2.05) is 0 Å². The first-order chi connectivity index (χ1) is 10.1. The zero-order valence-electron chi connectivity index (χ0n) is 11.3. The zero-order valence-corrected chi connectivity index (χ0v) is 11.3. The molecule has 1 atom stereocenters. The van der Waals surface area contributed by atoms with Crippen LogP contribution in [0.25, 0.3) is 0 Å². The summed E-state index contributed by atoms with van der Waals surface area (Å²) in [5.74, 6) is -0.478. The van der Waals surface area contributed by atoms with Crippen molar-refractivity contribution in [3.05, 3.63) is 51.2 Å². The first kappa shape index (κ1) is 13.5. The molecule has 0 unspecified atom stereocenters. The van der Waals surface area contributed by atoms with Crippen LogP contribution in [-0.2, 0) is 9.59 Å². The molecule has 0 fully saturated rings. The minimum Gasteiger partial charge on any atom is -0.329 e. The Balaban J connectivity index is 2.07. The van der Waals surface area contributed by atoms with E-state index in [0.29, 0.717) is 29.7 Å². The number of ketones is 1. The van der Waals surface area contributed by atoms with Crippen molar-refractivity contribution >= 4 is 17.4 Å². The summed E-state index contributed by atoms with van der Waals surface area (Å²) in [7, 11) is 0. The first-order valence-electron chi connectivity index (χ1n) is 6.86. The fourth-order valence-corrected chi connectivity index (χ4v) is 3.04. The number of carbonyl (C=O) groups excluding carboxylic acids is 2. The number of hydrogen-bond donors (Lipinski definition) is 1. The predicted molar refractivity (Wildman–Crippen MR) is 74.5 cm³/mol. The number of nitro benzene ring substituents is 1. The molecule has 0 aromatic heterocycles. The third-order valence-corrected chi connectivity index (χ3v) is 3.97. The maximum atomic E-state index is 12.2. The van der Waals surface area contributed by atoms with Gasteiger partial charge in [0.1, 0.15) is 0 Å². The smallest absolute Gasteiger partial charge is 0.269 e. The lowest BCUT2D eigenvalue weighted by molar-refractivity contribution is -0.384. The van der Waals surface area contributed by atoms with E-state index in [9.17, 15) is 19.7 Å². The number of allylic oxidation sites excluding steroid dienone is 2. The van der Waals surface area contributed by atoms with Gasteiger partial charge in [-0.15, -0.1) is 0 Å². The number of amides is 1. The van der Waals surface area contributed by atoms with Crippen molar-refractivity contribution < 1.29 is 14.5 Å². The summed E-state index contributed by atoms with van der Waals surface area (Å²) in [6, 6.07) is 6.19. The topological polar surface area (TPSA) is 89.3 Å². The second-order valence-electron chi connectivity index (χ2n) is 5.33. The summed E-state index contributed by atoms with van der Waals surface area (Å²) in [5, 5.41) is 13.7. The van der Waals surface area contributed by atoms with Crippen molar-refractivity contribution in [3.8, 4) is 0 Å². The molecule has 108 valence electrons. The Morgan fingerprint density at radius 3 is 2.81 bits per heavy atom. The maximum absolute atomic E-state index is 12.2. The van der Waals surface area contributed by atoms with Crippen LogP contribution in [0.3, 0.4) is 0 Å². The Bertz CT molecular complexity index is 678. The van der Waals surface area contributed by atoms with E-state index < -0.39 is 4.92 Å². The summed E-state index contributed by atoms with van der Waals surface area (Å²) in [4.78, 5) is 34.5. The van der Waals surface area contributed by atoms with E-state index in [0.717, 1.165) is 6.42 Å².